The van der Waals surface area contributed by atoms with E-state index in [0.29, 0.717) is 21.9 Å². The highest BCUT2D eigenvalue weighted by molar-refractivity contribution is 9.10. The van der Waals surface area contributed by atoms with Gasteiger partial charge in [0.1, 0.15) is 11.4 Å². The Morgan fingerprint density at radius 3 is 2.56 bits per heavy atom. The molecular weight excluding hydrogens is 407 g/mol. The number of hydrazone groups is 1. The molecule has 0 fully saturated rings. The summed E-state index contributed by atoms with van der Waals surface area (Å²) in [6.07, 6.45) is -3.30. The van der Waals surface area contributed by atoms with E-state index in [-0.39, 0.29) is 5.69 Å². The van der Waals surface area contributed by atoms with Gasteiger partial charge in [-0.25, -0.2) is 0 Å². The Morgan fingerprint density at radius 2 is 2.00 bits per heavy atom. The van der Waals surface area contributed by atoms with Crippen LogP contribution in [0, 0.1) is 10.1 Å². The molecule has 2 aromatic rings. The Labute approximate surface area is 148 Å². The molecule has 0 aromatic heterocycles. The average Bonchev–Trinajstić information content (AvgIpc) is 2.54. The molecule has 6 nitrogen and oxygen atoms in total. The van der Waals surface area contributed by atoms with Crippen LogP contribution in [-0.4, -0.2) is 18.2 Å². The SMILES string of the molecule is COc1ccc(/C=N\Nc2ccc(C(F)(F)F)cc2[N+](=O)[O-])cc1Br. The van der Waals surface area contributed by atoms with Gasteiger partial charge < -0.3 is 4.74 Å². The highest BCUT2D eigenvalue weighted by Crippen LogP contribution is 2.35. The third-order valence-electron chi connectivity index (χ3n) is 3.10. The van der Waals surface area contributed by atoms with E-state index < -0.39 is 22.4 Å². The quantitative estimate of drug-likeness (QED) is 0.429. The molecule has 0 bridgehead atoms. The first-order chi connectivity index (χ1) is 11.7. The summed E-state index contributed by atoms with van der Waals surface area (Å²) < 4.78 is 43.7. The lowest BCUT2D eigenvalue weighted by Crippen LogP contribution is -2.06. The zero-order valence-corrected chi connectivity index (χ0v) is 14.3. The third-order valence-corrected chi connectivity index (χ3v) is 3.72. The standard InChI is InChI=1S/C15H11BrF3N3O3/c1-25-14-5-2-9(6-11(14)16)8-20-21-12-4-3-10(15(17,18)19)7-13(12)22(23)24/h2-8,21H,1H3/b20-8-. The van der Waals surface area contributed by atoms with Crippen molar-refractivity contribution in [3.8, 4) is 5.75 Å². The predicted molar refractivity (Wildman–Crippen MR) is 90.0 cm³/mol. The monoisotopic (exact) mass is 417 g/mol. The first-order valence-corrected chi connectivity index (χ1v) is 7.50. The number of hydrogen-bond donors (Lipinski definition) is 1. The number of halogens is 4. The van der Waals surface area contributed by atoms with Crippen LogP contribution in [0.25, 0.3) is 0 Å². The molecule has 0 atom stereocenters. The van der Waals surface area contributed by atoms with Crippen LogP contribution >= 0.6 is 15.9 Å². The van der Waals surface area contributed by atoms with Crippen LogP contribution in [0.4, 0.5) is 24.5 Å². The Kier molecular flexibility index (Phi) is 5.62. The van der Waals surface area contributed by atoms with E-state index >= 15 is 0 Å². The topological polar surface area (TPSA) is 76.8 Å². The number of anilines is 1. The van der Waals surface area contributed by atoms with Crippen molar-refractivity contribution in [3.05, 3.63) is 62.1 Å². The first-order valence-electron chi connectivity index (χ1n) is 6.70. The number of nitro benzene ring substituents is 1. The number of ether oxygens (including phenoxy) is 1. The molecule has 0 spiro atoms. The van der Waals surface area contributed by atoms with Gasteiger partial charge in [-0.15, -0.1) is 0 Å². The lowest BCUT2D eigenvalue weighted by molar-refractivity contribution is -0.384. The first kappa shape index (κ1) is 18.7. The summed E-state index contributed by atoms with van der Waals surface area (Å²) in [4.78, 5) is 10.1. The summed E-state index contributed by atoms with van der Waals surface area (Å²) in [5.74, 6) is 0.614. The van der Waals surface area contributed by atoms with Gasteiger partial charge in [0, 0.05) is 6.07 Å². The molecule has 1 N–H and O–H groups in total. The van der Waals surface area contributed by atoms with Crippen LogP contribution in [0.1, 0.15) is 11.1 Å². The van der Waals surface area contributed by atoms with Gasteiger partial charge in [0.15, 0.2) is 0 Å². The van der Waals surface area contributed by atoms with E-state index in [9.17, 15) is 23.3 Å². The van der Waals surface area contributed by atoms with E-state index in [1.807, 2.05) is 0 Å². The molecule has 0 unspecified atom stereocenters. The van der Waals surface area contributed by atoms with E-state index in [1.54, 1.807) is 18.2 Å². The van der Waals surface area contributed by atoms with E-state index in [1.165, 1.54) is 13.3 Å². The number of hydrogen-bond acceptors (Lipinski definition) is 5. The van der Waals surface area contributed by atoms with Crippen molar-refractivity contribution in [1.29, 1.82) is 0 Å². The summed E-state index contributed by atoms with van der Waals surface area (Å²) in [6.45, 7) is 0. The smallest absolute Gasteiger partial charge is 0.416 e. The molecule has 2 rings (SSSR count). The van der Waals surface area contributed by atoms with Gasteiger partial charge in [0.25, 0.3) is 5.69 Å². The molecule has 0 aliphatic heterocycles. The number of nitrogens with zero attached hydrogens (tertiary/aromatic N) is 2. The van der Waals surface area contributed by atoms with Gasteiger partial charge in [-0.05, 0) is 51.8 Å². The molecule has 0 saturated carbocycles. The maximum atomic E-state index is 12.6. The van der Waals surface area contributed by atoms with Gasteiger partial charge in [-0.3, -0.25) is 15.5 Å². The summed E-state index contributed by atoms with van der Waals surface area (Å²) in [7, 11) is 1.51. The normalized spacial score (nSPS) is 11.6. The summed E-state index contributed by atoms with van der Waals surface area (Å²) in [5, 5.41) is 14.8. The Morgan fingerprint density at radius 1 is 1.28 bits per heavy atom. The molecule has 0 amide bonds. The van der Waals surface area contributed by atoms with Gasteiger partial charge in [0.05, 0.1) is 28.3 Å². The minimum absolute atomic E-state index is 0.151. The number of benzene rings is 2. The van der Waals surface area contributed by atoms with E-state index in [4.69, 9.17) is 4.74 Å². The molecule has 132 valence electrons. The van der Waals surface area contributed by atoms with Crippen LogP contribution < -0.4 is 10.2 Å². The minimum Gasteiger partial charge on any atom is -0.496 e. The molecule has 0 saturated heterocycles. The van der Waals surface area contributed by atoms with E-state index in [2.05, 4.69) is 26.5 Å². The van der Waals surface area contributed by atoms with Crippen LogP contribution in [0.15, 0.2) is 46.0 Å². The van der Waals surface area contributed by atoms with Crippen molar-refractivity contribution in [3.63, 3.8) is 0 Å². The second-order valence-corrected chi connectivity index (χ2v) is 5.61. The lowest BCUT2D eigenvalue weighted by Gasteiger charge is -2.08. The fourth-order valence-electron chi connectivity index (χ4n) is 1.89. The fraction of sp³-hybridized carbons (Fsp3) is 0.133. The number of methoxy groups -OCH3 is 1. The Balaban J connectivity index is 2.22. The largest absolute Gasteiger partial charge is 0.496 e. The van der Waals surface area contributed by atoms with Crippen molar-refractivity contribution >= 4 is 33.5 Å². The molecule has 10 heteroatoms. The Bertz CT molecular complexity index is 825. The molecular formula is C15H11BrF3N3O3. The third kappa shape index (κ3) is 4.69. The molecule has 0 aliphatic carbocycles. The van der Waals surface area contributed by atoms with Gasteiger partial charge >= 0.3 is 6.18 Å². The molecule has 0 aliphatic rings. The highest BCUT2D eigenvalue weighted by Gasteiger charge is 2.33. The second kappa shape index (κ2) is 7.51. The van der Waals surface area contributed by atoms with Crippen LogP contribution in [0.2, 0.25) is 0 Å². The van der Waals surface area contributed by atoms with Gasteiger partial charge in [0.2, 0.25) is 0 Å². The van der Waals surface area contributed by atoms with Crippen molar-refractivity contribution in [2.45, 2.75) is 6.18 Å². The molecule has 0 radical (unpaired) electrons. The lowest BCUT2D eigenvalue weighted by atomic mass is 10.1. The highest BCUT2D eigenvalue weighted by atomic mass is 79.9. The summed E-state index contributed by atoms with van der Waals surface area (Å²) >= 11 is 3.30. The van der Waals surface area contributed by atoms with Crippen molar-refractivity contribution < 1.29 is 22.8 Å². The van der Waals surface area contributed by atoms with Crippen LogP contribution in [-0.2, 0) is 6.18 Å². The maximum Gasteiger partial charge on any atom is 0.416 e. The van der Waals surface area contributed by atoms with Crippen molar-refractivity contribution in [2.24, 2.45) is 5.10 Å². The molecule has 0 heterocycles. The zero-order valence-electron chi connectivity index (χ0n) is 12.7. The van der Waals surface area contributed by atoms with Crippen molar-refractivity contribution in [2.75, 3.05) is 12.5 Å². The predicted octanol–water partition coefficient (Wildman–Crippen LogP) is 4.83. The van der Waals surface area contributed by atoms with Crippen molar-refractivity contribution in [1.82, 2.24) is 0 Å². The number of rotatable bonds is 5. The number of nitrogens with one attached hydrogen (secondary N) is 1. The zero-order chi connectivity index (χ0) is 18.6. The number of alkyl halides is 3. The average molecular weight is 418 g/mol. The number of nitro groups is 1. The van der Waals surface area contributed by atoms with Crippen LogP contribution in [0.3, 0.4) is 0 Å². The fourth-order valence-corrected chi connectivity index (χ4v) is 2.45. The minimum atomic E-state index is -4.66. The summed E-state index contributed by atoms with van der Waals surface area (Å²) in [6, 6.07) is 7.24. The van der Waals surface area contributed by atoms with Gasteiger partial charge in [-0.2, -0.15) is 18.3 Å². The maximum absolute atomic E-state index is 12.6. The molecule has 25 heavy (non-hydrogen) atoms. The summed E-state index contributed by atoms with van der Waals surface area (Å²) in [5.41, 5.74) is 1.06. The van der Waals surface area contributed by atoms with E-state index in [0.717, 1.165) is 12.1 Å². The second-order valence-electron chi connectivity index (χ2n) is 4.75. The van der Waals surface area contributed by atoms with Crippen LogP contribution in [0.5, 0.6) is 5.75 Å². The van der Waals surface area contributed by atoms with Gasteiger partial charge in [-0.1, -0.05) is 0 Å². The Hall–Kier alpha value is -2.62. The molecule has 2 aromatic carbocycles.